The minimum atomic E-state index is 0.167. The number of H-pyrrole nitrogens is 1. The smallest absolute Gasteiger partial charge is 0.224 e. The molecule has 0 spiro atoms. The lowest BCUT2D eigenvalue weighted by atomic mass is 10.6. The van der Waals surface area contributed by atoms with Crippen LogP contribution in [-0.2, 0) is 0 Å². The summed E-state index contributed by atoms with van der Waals surface area (Å²) in [5, 5.41) is 0.456. The summed E-state index contributed by atoms with van der Waals surface area (Å²) in [5.74, 6) is 0. The van der Waals surface area contributed by atoms with Crippen molar-refractivity contribution >= 4 is 34.4 Å². The Morgan fingerprint density at radius 1 is 1.27 bits per heavy atom. The summed E-state index contributed by atoms with van der Waals surface area (Å²) >= 11 is 11.1. The molecule has 2 rings (SSSR count). The highest BCUT2D eigenvalue weighted by atomic mass is 35.5. The van der Waals surface area contributed by atoms with E-state index in [1.165, 1.54) is 6.20 Å². The normalized spacial score (nSPS) is 10.7. The first kappa shape index (κ1) is 6.82. The van der Waals surface area contributed by atoms with Gasteiger partial charge in [-0.05, 0) is 23.2 Å². The number of aromatic nitrogens is 4. The van der Waals surface area contributed by atoms with Crippen LogP contribution >= 0.6 is 23.2 Å². The fraction of sp³-hybridized carbons (Fsp3) is 0. The highest BCUT2D eigenvalue weighted by Crippen LogP contribution is 2.12. The Morgan fingerprint density at radius 2 is 2.09 bits per heavy atom. The summed E-state index contributed by atoms with van der Waals surface area (Å²) < 4.78 is 0. The molecule has 0 radical (unpaired) electrons. The lowest BCUT2D eigenvalue weighted by molar-refractivity contribution is 1.20. The number of imidazole rings is 1. The van der Waals surface area contributed by atoms with Crippen molar-refractivity contribution in [3.8, 4) is 0 Å². The molecule has 0 saturated heterocycles. The third-order valence-electron chi connectivity index (χ3n) is 1.18. The molecule has 56 valence electrons. The molecule has 0 unspecified atom stereocenters. The van der Waals surface area contributed by atoms with Crippen LogP contribution in [0.3, 0.4) is 0 Å². The average molecular weight is 189 g/mol. The van der Waals surface area contributed by atoms with Crippen LogP contribution in [-0.4, -0.2) is 19.9 Å². The van der Waals surface area contributed by atoms with E-state index in [9.17, 15) is 0 Å². The first-order valence-electron chi connectivity index (χ1n) is 2.79. The molecule has 0 aliphatic rings. The Balaban J connectivity index is 2.82. The van der Waals surface area contributed by atoms with Crippen LogP contribution in [0.1, 0.15) is 0 Å². The third kappa shape index (κ3) is 1.15. The average Bonchev–Trinajstić information content (AvgIpc) is 2.27. The maximum Gasteiger partial charge on any atom is 0.224 e. The van der Waals surface area contributed by atoms with Crippen molar-refractivity contribution in [1.29, 1.82) is 0 Å². The van der Waals surface area contributed by atoms with Crippen molar-refractivity contribution in [3.63, 3.8) is 0 Å². The number of nitrogens with one attached hydrogen (secondary N) is 1. The lowest BCUT2D eigenvalue weighted by Crippen LogP contribution is -1.81. The van der Waals surface area contributed by atoms with Gasteiger partial charge in [-0.1, -0.05) is 0 Å². The molecule has 11 heavy (non-hydrogen) atoms. The molecular formula is C5H2Cl2N4. The molecule has 0 saturated carbocycles. The predicted octanol–water partition coefficient (Wildman–Crippen LogP) is 1.66. The van der Waals surface area contributed by atoms with Crippen LogP contribution in [0.5, 0.6) is 0 Å². The van der Waals surface area contributed by atoms with Gasteiger partial charge in [0.05, 0.1) is 6.20 Å². The molecule has 0 aromatic carbocycles. The van der Waals surface area contributed by atoms with Crippen LogP contribution in [0.4, 0.5) is 0 Å². The Bertz CT molecular complexity index is 396. The third-order valence-corrected chi connectivity index (χ3v) is 1.54. The summed E-state index contributed by atoms with van der Waals surface area (Å²) in [4.78, 5) is 14.2. The van der Waals surface area contributed by atoms with E-state index in [1.54, 1.807) is 0 Å². The van der Waals surface area contributed by atoms with E-state index in [0.29, 0.717) is 11.2 Å². The molecule has 4 nitrogen and oxygen atoms in total. The lowest BCUT2D eigenvalue weighted by Gasteiger charge is -1.85. The fourth-order valence-corrected chi connectivity index (χ4v) is 1.07. The number of rotatable bonds is 0. The molecule has 1 N–H and O–H groups in total. The van der Waals surface area contributed by atoms with Crippen LogP contribution in [0.2, 0.25) is 10.6 Å². The molecule has 0 amide bonds. The van der Waals surface area contributed by atoms with Gasteiger partial charge in [0.25, 0.3) is 0 Å². The highest BCUT2D eigenvalue weighted by molar-refractivity contribution is 6.29. The first-order chi connectivity index (χ1) is 5.25. The van der Waals surface area contributed by atoms with Gasteiger partial charge in [0.2, 0.25) is 10.6 Å². The fourth-order valence-electron chi connectivity index (χ4n) is 0.757. The van der Waals surface area contributed by atoms with Crippen molar-refractivity contribution in [2.24, 2.45) is 0 Å². The van der Waals surface area contributed by atoms with Gasteiger partial charge in [-0.25, -0.2) is 4.98 Å². The van der Waals surface area contributed by atoms with Crippen LogP contribution < -0.4 is 0 Å². The van der Waals surface area contributed by atoms with Crippen LogP contribution in [0.25, 0.3) is 11.2 Å². The number of hydrogen-bond donors (Lipinski definition) is 1. The van der Waals surface area contributed by atoms with Gasteiger partial charge in [-0.15, -0.1) is 0 Å². The number of hydrogen-bond acceptors (Lipinski definition) is 3. The monoisotopic (exact) mass is 188 g/mol. The zero-order valence-corrected chi connectivity index (χ0v) is 6.69. The van der Waals surface area contributed by atoms with Gasteiger partial charge >= 0.3 is 0 Å². The number of nitrogens with zero attached hydrogens (tertiary/aromatic N) is 3. The molecule has 6 heteroatoms. The Morgan fingerprint density at radius 3 is 2.91 bits per heavy atom. The predicted molar refractivity (Wildman–Crippen MR) is 41.7 cm³/mol. The van der Waals surface area contributed by atoms with Gasteiger partial charge in [-0.2, -0.15) is 9.97 Å². The SMILES string of the molecule is Clc1ncc2[nH]c(Cl)nc2n1. The molecule has 0 atom stereocenters. The van der Waals surface area contributed by atoms with E-state index in [4.69, 9.17) is 23.2 Å². The molecular weight excluding hydrogens is 187 g/mol. The van der Waals surface area contributed by atoms with Gasteiger partial charge in [0, 0.05) is 0 Å². The maximum atomic E-state index is 5.56. The van der Waals surface area contributed by atoms with Crippen molar-refractivity contribution in [2.75, 3.05) is 0 Å². The molecule has 2 heterocycles. The second-order valence-electron chi connectivity index (χ2n) is 1.90. The zero-order chi connectivity index (χ0) is 7.84. The van der Waals surface area contributed by atoms with E-state index in [2.05, 4.69) is 19.9 Å². The van der Waals surface area contributed by atoms with E-state index in [0.717, 1.165) is 0 Å². The molecule has 2 aromatic rings. The summed E-state index contributed by atoms with van der Waals surface area (Å²) in [7, 11) is 0. The van der Waals surface area contributed by atoms with Crippen LogP contribution in [0, 0.1) is 0 Å². The molecule has 0 bridgehead atoms. The second kappa shape index (κ2) is 2.32. The molecule has 0 aliphatic carbocycles. The second-order valence-corrected chi connectivity index (χ2v) is 2.60. The van der Waals surface area contributed by atoms with E-state index >= 15 is 0 Å². The zero-order valence-electron chi connectivity index (χ0n) is 5.17. The van der Waals surface area contributed by atoms with Crippen LogP contribution in [0.15, 0.2) is 6.20 Å². The van der Waals surface area contributed by atoms with Crippen molar-refractivity contribution in [2.45, 2.75) is 0 Å². The number of halogens is 2. The molecule has 0 aliphatic heterocycles. The molecule has 2 aromatic heterocycles. The van der Waals surface area contributed by atoms with Crippen molar-refractivity contribution < 1.29 is 0 Å². The summed E-state index contributed by atoms with van der Waals surface area (Å²) in [6.45, 7) is 0. The minimum Gasteiger partial charge on any atom is -0.326 e. The largest absolute Gasteiger partial charge is 0.326 e. The Hall–Kier alpha value is -0.870. The van der Waals surface area contributed by atoms with Gasteiger partial charge in [-0.3, -0.25) is 0 Å². The first-order valence-corrected chi connectivity index (χ1v) is 3.55. The summed E-state index contributed by atoms with van der Waals surface area (Å²) in [5.41, 5.74) is 1.16. The van der Waals surface area contributed by atoms with Crippen molar-refractivity contribution in [3.05, 3.63) is 16.8 Å². The number of fused-ring (bicyclic) bond motifs is 1. The standard InChI is InChI=1S/C5H2Cl2N4/c6-4-8-1-2-3(10-4)11-5(7)9-2/h1H,(H,8,9,10,11). The Kier molecular flexibility index (Phi) is 1.44. The van der Waals surface area contributed by atoms with Gasteiger partial charge < -0.3 is 4.98 Å². The topological polar surface area (TPSA) is 54.5 Å². The Labute approximate surface area is 71.6 Å². The summed E-state index contributed by atoms with van der Waals surface area (Å²) in [6.07, 6.45) is 1.53. The minimum absolute atomic E-state index is 0.167. The van der Waals surface area contributed by atoms with E-state index in [-0.39, 0.29) is 10.6 Å². The van der Waals surface area contributed by atoms with Crippen molar-refractivity contribution in [1.82, 2.24) is 19.9 Å². The maximum absolute atomic E-state index is 5.56. The van der Waals surface area contributed by atoms with E-state index < -0.39 is 0 Å². The van der Waals surface area contributed by atoms with Gasteiger partial charge in [0.15, 0.2) is 5.65 Å². The number of aromatic amines is 1. The van der Waals surface area contributed by atoms with E-state index in [1.807, 2.05) is 0 Å². The quantitative estimate of drug-likeness (QED) is 0.506. The molecule has 0 fully saturated rings. The van der Waals surface area contributed by atoms with Gasteiger partial charge in [0.1, 0.15) is 5.52 Å². The highest BCUT2D eigenvalue weighted by Gasteiger charge is 2.01. The summed E-state index contributed by atoms with van der Waals surface area (Å²) in [6, 6.07) is 0.